The Morgan fingerprint density at radius 2 is 2.07 bits per heavy atom. The molecule has 0 saturated heterocycles. The molecule has 0 heterocycles. The van der Waals surface area contributed by atoms with Gasteiger partial charge < -0.3 is 5.11 Å². The molecule has 0 spiro atoms. The van der Waals surface area contributed by atoms with Gasteiger partial charge in [0.2, 0.25) is 0 Å². The van der Waals surface area contributed by atoms with Crippen LogP contribution in [0, 0.1) is 0 Å². The molecular formula is C12H18O2Si. The lowest BCUT2D eigenvalue weighted by molar-refractivity contribution is -0.118. The number of hydrogen-bond donors (Lipinski definition) is 1. The maximum absolute atomic E-state index is 11.2. The zero-order valence-electron chi connectivity index (χ0n) is 9.79. The summed E-state index contributed by atoms with van der Waals surface area (Å²) in [6.45, 7) is 5.57. The topological polar surface area (TPSA) is 37.3 Å². The van der Waals surface area contributed by atoms with E-state index in [1.54, 1.807) is 13.0 Å². The van der Waals surface area contributed by atoms with Gasteiger partial charge in [0.05, 0.1) is 0 Å². The molecule has 1 N–H and O–H groups in total. The van der Waals surface area contributed by atoms with E-state index in [4.69, 9.17) is 0 Å². The van der Waals surface area contributed by atoms with Crippen molar-refractivity contribution in [2.75, 3.05) is 0 Å². The highest BCUT2D eigenvalue weighted by Crippen LogP contribution is 2.32. The van der Waals surface area contributed by atoms with E-state index in [2.05, 4.69) is 0 Å². The zero-order chi connectivity index (χ0) is 11.6. The van der Waals surface area contributed by atoms with Crippen molar-refractivity contribution in [2.45, 2.75) is 32.6 Å². The fourth-order valence-electron chi connectivity index (χ4n) is 1.91. The molecular weight excluding hydrogens is 204 g/mol. The van der Waals surface area contributed by atoms with Gasteiger partial charge >= 0.3 is 0 Å². The van der Waals surface area contributed by atoms with Crippen LogP contribution in [-0.2, 0) is 10.2 Å². The molecule has 0 aromatic heterocycles. The van der Waals surface area contributed by atoms with Gasteiger partial charge in [0.25, 0.3) is 0 Å². The van der Waals surface area contributed by atoms with E-state index in [0.717, 1.165) is 15.8 Å². The molecule has 15 heavy (non-hydrogen) atoms. The normalized spacial score (nSPS) is 11.7. The number of carbonyl (C=O) groups excluding carboxylic acids is 1. The third kappa shape index (κ3) is 2.93. The van der Waals surface area contributed by atoms with Gasteiger partial charge in [-0.3, -0.25) is 4.79 Å². The van der Waals surface area contributed by atoms with E-state index in [-0.39, 0.29) is 11.2 Å². The predicted octanol–water partition coefficient (Wildman–Crippen LogP) is 0.640. The first-order valence-electron chi connectivity index (χ1n) is 5.12. The molecule has 0 bridgehead atoms. The summed E-state index contributed by atoms with van der Waals surface area (Å²) in [5.74, 6) is 0.444. The summed E-state index contributed by atoms with van der Waals surface area (Å²) < 4.78 is 0. The van der Waals surface area contributed by atoms with Gasteiger partial charge in [-0.05, 0) is 18.6 Å². The standard InChI is InChI=1S/C12H18O2Si/c1-8(13)7-12(2,3)10-6-9(15)4-5-11(10)14/h4-6,14H,7H2,1-3,15H3. The van der Waals surface area contributed by atoms with Gasteiger partial charge in [0.1, 0.15) is 11.5 Å². The molecule has 1 aromatic rings. The maximum atomic E-state index is 11.2. The minimum absolute atomic E-state index is 0.151. The van der Waals surface area contributed by atoms with Gasteiger partial charge in [-0.2, -0.15) is 0 Å². The van der Waals surface area contributed by atoms with Crippen LogP contribution in [0.2, 0.25) is 0 Å². The first kappa shape index (κ1) is 12.0. The van der Waals surface area contributed by atoms with E-state index in [0.29, 0.717) is 12.2 Å². The first-order valence-corrected chi connectivity index (χ1v) is 6.12. The summed E-state index contributed by atoms with van der Waals surface area (Å²) in [7, 11) is 0.957. The highest BCUT2D eigenvalue weighted by molar-refractivity contribution is 6.32. The largest absolute Gasteiger partial charge is 0.508 e. The number of ketones is 1. The monoisotopic (exact) mass is 222 g/mol. The highest BCUT2D eigenvalue weighted by Gasteiger charge is 2.25. The van der Waals surface area contributed by atoms with Crippen LogP contribution in [0.4, 0.5) is 0 Å². The summed E-state index contributed by atoms with van der Waals surface area (Å²) in [5.41, 5.74) is 0.598. The Labute approximate surface area is 93.7 Å². The van der Waals surface area contributed by atoms with E-state index in [9.17, 15) is 9.90 Å². The van der Waals surface area contributed by atoms with Gasteiger partial charge in [-0.25, -0.2) is 0 Å². The Hall–Kier alpha value is -1.09. The van der Waals surface area contributed by atoms with Gasteiger partial charge in [-0.1, -0.05) is 31.2 Å². The quantitative estimate of drug-likeness (QED) is 0.762. The van der Waals surface area contributed by atoms with Crippen molar-refractivity contribution in [1.29, 1.82) is 0 Å². The number of phenols is 1. The molecule has 0 radical (unpaired) electrons. The van der Waals surface area contributed by atoms with Crippen molar-refractivity contribution in [1.82, 2.24) is 0 Å². The lowest BCUT2D eigenvalue weighted by Gasteiger charge is -2.25. The number of hydrogen-bond acceptors (Lipinski definition) is 2. The Balaban J connectivity index is 3.13. The Bertz CT molecular complexity index is 383. The Morgan fingerprint density at radius 3 is 2.60 bits per heavy atom. The Morgan fingerprint density at radius 1 is 1.47 bits per heavy atom. The van der Waals surface area contributed by atoms with E-state index >= 15 is 0 Å². The average molecular weight is 222 g/mol. The van der Waals surface area contributed by atoms with E-state index in [1.165, 1.54) is 5.19 Å². The second-order valence-corrected chi connectivity index (χ2v) is 5.94. The lowest BCUT2D eigenvalue weighted by atomic mass is 9.80. The number of carbonyl (C=O) groups is 1. The molecule has 0 saturated carbocycles. The van der Waals surface area contributed by atoms with Crippen LogP contribution in [0.15, 0.2) is 18.2 Å². The second-order valence-electron chi connectivity index (χ2n) is 4.78. The van der Waals surface area contributed by atoms with Crippen LogP contribution in [0.1, 0.15) is 32.8 Å². The summed E-state index contributed by atoms with van der Waals surface area (Å²) in [4.78, 5) is 11.2. The predicted molar refractivity (Wildman–Crippen MR) is 66.0 cm³/mol. The molecule has 0 atom stereocenters. The number of benzene rings is 1. The number of aromatic hydroxyl groups is 1. The summed E-state index contributed by atoms with van der Waals surface area (Å²) in [6, 6.07) is 5.65. The molecule has 0 unspecified atom stereocenters. The first-order chi connectivity index (χ1) is 6.83. The van der Waals surface area contributed by atoms with Crippen molar-refractivity contribution in [3.63, 3.8) is 0 Å². The number of phenolic OH excluding ortho intramolecular Hbond substituents is 1. The average Bonchev–Trinajstić information content (AvgIpc) is 2.06. The molecule has 1 rings (SSSR count). The van der Waals surface area contributed by atoms with E-state index in [1.807, 2.05) is 26.0 Å². The summed E-state index contributed by atoms with van der Waals surface area (Å²) in [6.07, 6.45) is 0.464. The van der Waals surface area contributed by atoms with Crippen LogP contribution in [0.25, 0.3) is 0 Å². The molecule has 0 amide bonds. The molecule has 0 aliphatic carbocycles. The third-order valence-corrected chi connectivity index (χ3v) is 3.19. The van der Waals surface area contributed by atoms with Crippen molar-refractivity contribution < 1.29 is 9.90 Å². The van der Waals surface area contributed by atoms with Crippen LogP contribution in [0.3, 0.4) is 0 Å². The van der Waals surface area contributed by atoms with Crippen LogP contribution in [-0.4, -0.2) is 21.1 Å². The number of Topliss-reactive ketones (excluding diaryl/α,β-unsaturated/α-hetero) is 1. The summed E-state index contributed by atoms with van der Waals surface area (Å²) in [5, 5.41) is 11.0. The molecule has 3 heteroatoms. The molecule has 0 aliphatic heterocycles. The van der Waals surface area contributed by atoms with Crippen molar-refractivity contribution in [3.05, 3.63) is 23.8 Å². The second kappa shape index (κ2) is 4.19. The summed E-state index contributed by atoms with van der Waals surface area (Å²) >= 11 is 0. The third-order valence-electron chi connectivity index (χ3n) is 2.57. The highest BCUT2D eigenvalue weighted by atomic mass is 28.1. The minimum atomic E-state index is -0.281. The fourth-order valence-corrected chi connectivity index (χ4v) is 2.36. The number of rotatable bonds is 3. The molecule has 0 aliphatic rings. The van der Waals surface area contributed by atoms with Crippen LogP contribution in [0.5, 0.6) is 5.75 Å². The molecule has 0 fully saturated rings. The van der Waals surface area contributed by atoms with Crippen LogP contribution < -0.4 is 5.19 Å². The van der Waals surface area contributed by atoms with E-state index < -0.39 is 0 Å². The SMILES string of the molecule is CC(=O)CC(C)(C)c1cc([SiH3])ccc1O. The Kier molecular flexibility index (Phi) is 3.34. The zero-order valence-corrected chi connectivity index (χ0v) is 11.8. The fraction of sp³-hybridized carbons (Fsp3) is 0.417. The minimum Gasteiger partial charge on any atom is -0.508 e. The van der Waals surface area contributed by atoms with Crippen molar-refractivity contribution in [2.24, 2.45) is 0 Å². The van der Waals surface area contributed by atoms with Gasteiger partial charge in [0.15, 0.2) is 0 Å². The van der Waals surface area contributed by atoms with Crippen molar-refractivity contribution in [3.8, 4) is 5.75 Å². The molecule has 82 valence electrons. The molecule has 1 aromatic carbocycles. The molecule has 2 nitrogen and oxygen atoms in total. The van der Waals surface area contributed by atoms with Gasteiger partial charge in [-0.15, -0.1) is 0 Å². The lowest BCUT2D eigenvalue weighted by Crippen LogP contribution is -2.22. The van der Waals surface area contributed by atoms with Gasteiger partial charge in [0, 0.05) is 22.1 Å². The van der Waals surface area contributed by atoms with Crippen LogP contribution >= 0.6 is 0 Å². The van der Waals surface area contributed by atoms with Crippen molar-refractivity contribution >= 4 is 21.2 Å². The smallest absolute Gasteiger partial charge is 0.130 e. The maximum Gasteiger partial charge on any atom is 0.130 e.